The minimum atomic E-state index is -0.832. The quantitative estimate of drug-likeness (QED) is 0.676. The smallest absolute Gasteiger partial charge is 0.313 e. The van der Waals surface area contributed by atoms with E-state index in [-0.39, 0.29) is 5.75 Å². The molecule has 10 heavy (non-hydrogen) atoms. The van der Waals surface area contributed by atoms with Crippen molar-refractivity contribution < 1.29 is 14.3 Å². The van der Waals surface area contributed by atoms with Gasteiger partial charge in [-0.05, 0) is 12.1 Å². The number of hydrogen-bond donors (Lipinski definition) is 1. The first kappa shape index (κ1) is 7.21. The zero-order valence-corrected chi connectivity index (χ0v) is 5.93. The van der Waals surface area contributed by atoms with Crippen LogP contribution >= 0.6 is 11.8 Å². The van der Waals surface area contributed by atoms with E-state index in [1.165, 1.54) is 18.0 Å². The molecule has 4 heteroatoms. The Balaban J connectivity index is 2.35. The Kier molecular flexibility index (Phi) is 2.39. The molecule has 1 rings (SSSR count). The van der Waals surface area contributed by atoms with Gasteiger partial charge < -0.3 is 9.52 Å². The summed E-state index contributed by atoms with van der Waals surface area (Å²) in [6.07, 6.45) is 1.52. The Morgan fingerprint density at radius 2 is 2.60 bits per heavy atom. The van der Waals surface area contributed by atoms with Crippen LogP contribution in [0.4, 0.5) is 0 Å². The maximum Gasteiger partial charge on any atom is 0.313 e. The van der Waals surface area contributed by atoms with Crippen molar-refractivity contribution in [1.29, 1.82) is 0 Å². The van der Waals surface area contributed by atoms with Crippen molar-refractivity contribution in [2.24, 2.45) is 0 Å². The van der Waals surface area contributed by atoms with Crippen molar-refractivity contribution in [2.75, 3.05) is 5.75 Å². The van der Waals surface area contributed by atoms with E-state index in [0.29, 0.717) is 5.09 Å². The molecule has 54 valence electrons. The lowest BCUT2D eigenvalue weighted by atomic mass is 10.7. The molecule has 0 saturated heterocycles. The Morgan fingerprint density at radius 3 is 3.10 bits per heavy atom. The molecule has 0 spiro atoms. The van der Waals surface area contributed by atoms with Gasteiger partial charge in [-0.25, -0.2) is 0 Å². The highest BCUT2D eigenvalue weighted by molar-refractivity contribution is 7.99. The topological polar surface area (TPSA) is 50.4 Å². The van der Waals surface area contributed by atoms with Crippen LogP contribution in [-0.4, -0.2) is 16.8 Å². The number of aliphatic carboxylic acids is 1. The van der Waals surface area contributed by atoms with Crippen molar-refractivity contribution >= 4 is 17.7 Å². The predicted octanol–water partition coefficient (Wildman–Crippen LogP) is 1.46. The summed E-state index contributed by atoms with van der Waals surface area (Å²) in [7, 11) is 0. The van der Waals surface area contributed by atoms with E-state index in [2.05, 4.69) is 0 Å². The van der Waals surface area contributed by atoms with Gasteiger partial charge in [0.1, 0.15) is 0 Å². The fourth-order valence-corrected chi connectivity index (χ4v) is 1.04. The second-order valence-electron chi connectivity index (χ2n) is 1.61. The Hall–Kier alpha value is -0.900. The van der Waals surface area contributed by atoms with Crippen molar-refractivity contribution in [3.8, 4) is 0 Å². The van der Waals surface area contributed by atoms with Crippen molar-refractivity contribution in [3.05, 3.63) is 18.4 Å². The molecule has 0 radical (unpaired) electrons. The molecule has 1 N–H and O–H groups in total. The summed E-state index contributed by atoms with van der Waals surface area (Å²) < 4.78 is 4.88. The van der Waals surface area contributed by atoms with Gasteiger partial charge in [0.05, 0.1) is 12.0 Å². The highest BCUT2D eigenvalue weighted by Crippen LogP contribution is 2.16. The molecule has 0 fully saturated rings. The maximum absolute atomic E-state index is 10.0. The minimum Gasteiger partial charge on any atom is -0.481 e. The zero-order chi connectivity index (χ0) is 7.40. The number of hydrogen-bond acceptors (Lipinski definition) is 3. The third-order valence-electron chi connectivity index (χ3n) is 0.833. The summed E-state index contributed by atoms with van der Waals surface area (Å²) in [6, 6.07) is 3.46. The SMILES string of the molecule is O=C(O)CSc1ccco1. The van der Waals surface area contributed by atoms with E-state index < -0.39 is 5.97 Å². The normalized spacial score (nSPS) is 9.60. The minimum absolute atomic E-state index is 0.0491. The van der Waals surface area contributed by atoms with Gasteiger partial charge in [-0.3, -0.25) is 4.79 Å². The number of furan rings is 1. The molecule has 0 amide bonds. The number of rotatable bonds is 3. The molecule has 1 aromatic rings. The highest BCUT2D eigenvalue weighted by atomic mass is 32.2. The van der Waals surface area contributed by atoms with Gasteiger partial charge in [0.15, 0.2) is 5.09 Å². The second kappa shape index (κ2) is 3.31. The second-order valence-corrected chi connectivity index (χ2v) is 2.59. The van der Waals surface area contributed by atoms with E-state index in [4.69, 9.17) is 9.52 Å². The van der Waals surface area contributed by atoms with Crippen molar-refractivity contribution in [3.63, 3.8) is 0 Å². The summed E-state index contributed by atoms with van der Waals surface area (Å²) in [4.78, 5) is 10.0. The molecule has 0 aromatic carbocycles. The molecule has 0 aliphatic carbocycles. The Morgan fingerprint density at radius 1 is 1.80 bits per heavy atom. The predicted molar refractivity (Wildman–Crippen MR) is 37.1 cm³/mol. The van der Waals surface area contributed by atoms with Crippen LogP contribution in [-0.2, 0) is 4.79 Å². The van der Waals surface area contributed by atoms with Gasteiger partial charge in [-0.2, -0.15) is 0 Å². The molecule has 3 nitrogen and oxygen atoms in total. The molecule has 1 aromatic heterocycles. The van der Waals surface area contributed by atoms with Crippen LogP contribution in [0.25, 0.3) is 0 Å². The van der Waals surface area contributed by atoms with Crippen LogP contribution < -0.4 is 0 Å². The summed E-state index contributed by atoms with van der Waals surface area (Å²) in [5, 5.41) is 8.89. The summed E-state index contributed by atoms with van der Waals surface area (Å²) in [5.74, 6) is -0.783. The van der Waals surface area contributed by atoms with Crippen LogP contribution in [0.2, 0.25) is 0 Å². The van der Waals surface area contributed by atoms with E-state index >= 15 is 0 Å². The molecular weight excluding hydrogens is 152 g/mol. The van der Waals surface area contributed by atoms with Gasteiger partial charge in [0.2, 0.25) is 0 Å². The summed E-state index contributed by atoms with van der Waals surface area (Å²) in [6.45, 7) is 0. The molecule has 1 heterocycles. The van der Waals surface area contributed by atoms with Crippen LogP contribution in [0, 0.1) is 0 Å². The average molecular weight is 158 g/mol. The fraction of sp³-hybridized carbons (Fsp3) is 0.167. The summed E-state index contributed by atoms with van der Waals surface area (Å²) in [5.41, 5.74) is 0. The van der Waals surface area contributed by atoms with E-state index in [0.717, 1.165) is 0 Å². The van der Waals surface area contributed by atoms with Crippen molar-refractivity contribution in [1.82, 2.24) is 0 Å². The highest BCUT2D eigenvalue weighted by Gasteiger charge is 1.99. The van der Waals surface area contributed by atoms with Gasteiger partial charge in [-0.1, -0.05) is 11.8 Å². The first-order chi connectivity index (χ1) is 4.79. The average Bonchev–Trinajstić information content (AvgIpc) is 2.34. The molecule has 0 atom stereocenters. The first-order valence-electron chi connectivity index (χ1n) is 2.67. The van der Waals surface area contributed by atoms with Crippen LogP contribution in [0.1, 0.15) is 0 Å². The molecular formula is C6H6O3S. The number of thioether (sulfide) groups is 1. The number of carbonyl (C=O) groups is 1. The van der Waals surface area contributed by atoms with Crippen LogP contribution in [0.3, 0.4) is 0 Å². The van der Waals surface area contributed by atoms with Gasteiger partial charge in [0, 0.05) is 0 Å². The molecule has 0 bridgehead atoms. The van der Waals surface area contributed by atoms with E-state index in [9.17, 15) is 4.79 Å². The fourth-order valence-electron chi connectivity index (χ4n) is 0.478. The largest absolute Gasteiger partial charge is 0.481 e. The van der Waals surface area contributed by atoms with Gasteiger partial charge in [-0.15, -0.1) is 0 Å². The lowest BCUT2D eigenvalue weighted by Gasteiger charge is -1.89. The standard InChI is InChI=1S/C6H6O3S/c7-5(8)4-10-6-2-1-3-9-6/h1-3H,4H2,(H,7,8). The maximum atomic E-state index is 10.0. The monoisotopic (exact) mass is 158 g/mol. The molecule has 0 aliphatic rings. The van der Waals surface area contributed by atoms with Crippen molar-refractivity contribution in [2.45, 2.75) is 5.09 Å². The van der Waals surface area contributed by atoms with Crippen LogP contribution in [0.15, 0.2) is 27.9 Å². The Bertz CT molecular complexity index is 205. The number of carboxylic acid groups (broad SMARTS) is 1. The molecule has 0 aliphatic heterocycles. The zero-order valence-electron chi connectivity index (χ0n) is 5.11. The van der Waals surface area contributed by atoms with Crippen LogP contribution in [0.5, 0.6) is 0 Å². The lowest BCUT2D eigenvalue weighted by molar-refractivity contribution is -0.133. The third-order valence-corrected chi connectivity index (χ3v) is 1.74. The molecule has 0 unspecified atom stereocenters. The third kappa shape index (κ3) is 2.14. The molecule has 0 saturated carbocycles. The first-order valence-corrected chi connectivity index (χ1v) is 3.65. The summed E-state index contributed by atoms with van der Waals surface area (Å²) >= 11 is 1.17. The van der Waals surface area contributed by atoms with Gasteiger partial charge in [0.25, 0.3) is 0 Å². The lowest BCUT2D eigenvalue weighted by Crippen LogP contribution is -1.96. The van der Waals surface area contributed by atoms with E-state index in [1.807, 2.05) is 0 Å². The number of carboxylic acids is 1. The van der Waals surface area contributed by atoms with E-state index in [1.54, 1.807) is 12.1 Å². The Labute approximate surface area is 62.0 Å². The van der Waals surface area contributed by atoms with Gasteiger partial charge >= 0.3 is 5.97 Å².